The van der Waals surface area contributed by atoms with E-state index in [0.717, 1.165) is 36.2 Å². The van der Waals surface area contributed by atoms with Crippen molar-refractivity contribution < 1.29 is 27.2 Å². The number of amides is 1. The lowest BCUT2D eigenvalue weighted by Crippen LogP contribution is -2.44. The van der Waals surface area contributed by atoms with Crippen LogP contribution in [0.1, 0.15) is 24.3 Å². The van der Waals surface area contributed by atoms with Crippen molar-refractivity contribution in [2.45, 2.75) is 30.7 Å². The molecule has 39 heavy (non-hydrogen) atoms. The first kappa shape index (κ1) is 27.1. The number of piperidine rings is 1. The standard InChI is InChI=1S/C27H33N5O6S/c1-30(2)39(34,35)21-8-9-22-18(14-21)11-13-32(22)27(33)20-6-5-12-31(16-20)17-25-28-26(29-38-25)19-7-10-23(36-3)24(15-19)37-4/h7-10,14-15,20H,5-6,11-13,16-17H2,1-4H3. The minimum Gasteiger partial charge on any atom is -0.493 e. The second-order valence-electron chi connectivity index (χ2n) is 9.97. The van der Waals surface area contributed by atoms with Crippen LogP contribution in [0.2, 0.25) is 0 Å². The van der Waals surface area contributed by atoms with Gasteiger partial charge in [-0.25, -0.2) is 12.7 Å². The molecule has 12 heteroatoms. The molecule has 11 nitrogen and oxygen atoms in total. The number of rotatable bonds is 8. The van der Waals surface area contributed by atoms with Crippen molar-refractivity contribution >= 4 is 21.6 Å². The minimum absolute atomic E-state index is 0.0678. The Labute approximate surface area is 228 Å². The van der Waals surface area contributed by atoms with Crippen molar-refractivity contribution in [1.82, 2.24) is 19.3 Å². The fourth-order valence-electron chi connectivity index (χ4n) is 5.20. The third-order valence-corrected chi connectivity index (χ3v) is 9.13. The van der Waals surface area contributed by atoms with Crippen LogP contribution >= 0.6 is 0 Å². The van der Waals surface area contributed by atoms with Gasteiger partial charge in [0.15, 0.2) is 11.5 Å². The second-order valence-corrected chi connectivity index (χ2v) is 12.1. The fraction of sp³-hybridized carbons (Fsp3) is 0.444. The van der Waals surface area contributed by atoms with Gasteiger partial charge in [-0.2, -0.15) is 4.98 Å². The van der Waals surface area contributed by atoms with E-state index >= 15 is 0 Å². The number of hydrogen-bond donors (Lipinski definition) is 0. The maximum Gasteiger partial charge on any atom is 0.242 e. The number of likely N-dealkylation sites (tertiary alicyclic amines) is 1. The number of ether oxygens (including phenoxy) is 2. The maximum atomic E-state index is 13.6. The first-order chi connectivity index (χ1) is 18.7. The van der Waals surface area contributed by atoms with E-state index in [-0.39, 0.29) is 16.7 Å². The number of methoxy groups -OCH3 is 2. The minimum atomic E-state index is -3.53. The number of carbonyl (C=O) groups excluding carboxylic acids is 1. The summed E-state index contributed by atoms with van der Waals surface area (Å²) in [7, 11) is 2.66. The van der Waals surface area contributed by atoms with Gasteiger partial charge in [-0.15, -0.1) is 0 Å². The Kier molecular flexibility index (Phi) is 7.61. The van der Waals surface area contributed by atoms with Gasteiger partial charge in [0.2, 0.25) is 27.6 Å². The van der Waals surface area contributed by atoms with Crippen LogP contribution in [0.15, 0.2) is 45.8 Å². The van der Waals surface area contributed by atoms with Crippen molar-refractivity contribution in [3.05, 3.63) is 47.9 Å². The normalized spacial score (nSPS) is 17.9. The lowest BCUT2D eigenvalue weighted by molar-refractivity contribution is -0.124. The average Bonchev–Trinajstić information content (AvgIpc) is 3.59. The van der Waals surface area contributed by atoms with Crippen molar-refractivity contribution in [2.24, 2.45) is 5.92 Å². The Balaban J connectivity index is 1.25. The van der Waals surface area contributed by atoms with E-state index in [1.165, 1.54) is 18.4 Å². The van der Waals surface area contributed by atoms with Gasteiger partial charge in [-0.1, -0.05) is 5.16 Å². The van der Waals surface area contributed by atoms with Crippen LogP contribution in [0, 0.1) is 5.92 Å². The molecule has 1 amide bonds. The van der Waals surface area contributed by atoms with Crippen LogP contribution < -0.4 is 14.4 Å². The zero-order valence-corrected chi connectivity index (χ0v) is 23.4. The Hall–Kier alpha value is -3.48. The molecule has 0 radical (unpaired) electrons. The van der Waals surface area contributed by atoms with Gasteiger partial charge in [0.1, 0.15) is 0 Å². The zero-order valence-electron chi connectivity index (χ0n) is 22.6. The zero-order chi connectivity index (χ0) is 27.7. The smallest absolute Gasteiger partial charge is 0.242 e. The predicted molar refractivity (Wildman–Crippen MR) is 144 cm³/mol. The number of carbonyl (C=O) groups is 1. The van der Waals surface area contributed by atoms with Gasteiger partial charge in [0, 0.05) is 38.4 Å². The van der Waals surface area contributed by atoms with Gasteiger partial charge in [0.05, 0.1) is 31.6 Å². The molecular formula is C27H33N5O6S. The summed E-state index contributed by atoms with van der Waals surface area (Å²) >= 11 is 0. The molecule has 208 valence electrons. The predicted octanol–water partition coefficient (Wildman–Crippen LogP) is 2.81. The SMILES string of the molecule is COc1ccc(-c2noc(CN3CCCC(C(=O)N4CCc5cc(S(=O)(=O)N(C)C)ccc54)C3)n2)cc1OC. The van der Waals surface area contributed by atoms with Crippen LogP contribution in [-0.2, 0) is 27.8 Å². The molecule has 1 unspecified atom stereocenters. The largest absolute Gasteiger partial charge is 0.493 e. The number of sulfonamides is 1. The van der Waals surface area contributed by atoms with E-state index in [4.69, 9.17) is 14.0 Å². The van der Waals surface area contributed by atoms with E-state index in [2.05, 4.69) is 15.0 Å². The van der Waals surface area contributed by atoms with Gasteiger partial charge in [-0.05, 0) is 67.8 Å². The molecule has 0 N–H and O–H groups in total. The maximum absolute atomic E-state index is 13.6. The average molecular weight is 556 g/mol. The molecule has 2 aliphatic rings. The number of anilines is 1. The molecule has 0 aliphatic carbocycles. The molecule has 2 aliphatic heterocycles. The van der Waals surface area contributed by atoms with E-state index in [0.29, 0.717) is 49.3 Å². The summed E-state index contributed by atoms with van der Waals surface area (Å²) in [6.07, 6.45) is 2.32. The summed E-state index contributed by atoms with van der Waals surface area (Å²) in [4.78, 5) is 22.3. The lowest BCUT2D eigenvalue weighted by Gasteiger charge is -2.33. The summed E-state index contributed by atoms with van der Waals surface area (Å²) in [6.45, 7) is 2.42. The van der Waals surface area contributed by atoms with Gasteiger partial charge in [0.25, 0.3) is 0 Å². The third kappa shape index (κ3) is 5.36. The topological polar surface area (TPSA) is 118 Å². The summed E-state index contributed by atoms with van der Waals surface area (Å²) in [5.74, 6) is 2.04. The second kappa shape index (κ2) is 10.9. The third-order valence-electron chi connectivity index (χ3n) is 7.31. The summed E-state index contributed by atoms with van der Waals surface area (Å²) in [5, 5.41) is 4.13. The molecule has 2 aromatic carbocycles. The molecule has 1 saturated heterocycles. The summed E-state index contributed by atoms with van der Waals surface area (Å²) in [6, 6.07) is 10.5. The number of nitrogens with zero attached hydrogens (tertiary/aromatic N) is 5. The van der Waals surface area contributed by atoms with E-state index in [1.54, 1.807) is 49.5 Å². The molecular weight excluding hydrogens is 522 g/mol. The Morgan fingerprint density at radius 1 is 1.10 bits per heavy atom. The lowest BCUT2D eigenvalue weighted by atomic mass is 9.96. The summed E-state index contributed by atoms with van der Waals surface area (Å²) in [5.41, 5.74) is 2.43. The number of fused-ring (bicyclic) bond motifs is 1. The van der Waals surface area contributed by atoms with E-state index in [9.17, 15) is 13.2 Å². The highest BCUT2D eigenvalue weighted by molar-refractivity contribution is 7.89. The van der Waals surface area contributed by atoms with Crippen LogP contribution in [0.3, 0.4) is 0 Å². The van der Waals surface area contributed by atoms with E-state index < -0.39 is 10.0 Å². The monoisotopic (exact) mass is 555 g/mol. The molecule has 0 spiro atoms. The molecule has 3 heterocycles. The van der Waals surface area contributed by atoms with Gasteiger partial charge in [-0.3, -0.25) is 9.69 Å². The van der Waals surface area contributed by atoms with Crippen LogP contribution in [0.4, 0.5) is 5.69 Å². The highest BCUT2D eigenvalue weighted by Crippen LogP contribution is 2.34. The van der Waals surface area contributed by atoms with Gasteiger partial charge < -0.3 is 18.9 Å². The number of benzene rings is 2. The molecule has 0 bridgehead atoms. The molecule has 5 rings (SSSR count). The van der Waals surface area contributed by atoms with Crippen LogP contribution in [0.25, 0.3) is 11.4 Å². The molecule has 1 atom stereocenters. The quantitative estimate of drug-likeness (QED) is 0.413. The van der Waals surface area contributed by atoms with Crippen LogP contribution in [0.5, 0.6) is 11.5 Å². The Morgan fingerprint density at radius 2 is 1.90 bits per heavy atom. The number of hydrogen-bond acceptors (Lipinski definition) is 9. The highest BCUT2D eigenvalue weighted by atomic mass is 32.2. The summed E-state index contributed by atoms with van der Waals surface area (Å²) < 4.78 is 42.4. The van der Waals surface area contributed by atoms with Crippen molar-refractivity contribution in [3.8, 4) is 22.9 Å². The Bertz CT molecular complexity index is 1470. The first-order valence-electron chi connectivity index (χ1n) is 12.9. The van der Waals surface area contributed by atoms with Crippen molar-refractivity contribution in [2.75, 3.05) is 52.8 Å². The van der Waals surface area contributed by atoms with Crippen molar-refractivity contribution in [3.63, 3.8) is 0 Å². The van der Waals surface area contributed by atoms with Gasteiger partial charge >= 0.3 is 0 Å². The fourth-order valence-corrected chi connectivity index (χ4v) is 6.16. The van der Waals surface area contributed by atoms with Crippen LogP contribution in [-0.4, -0.2) is 81.6 Å². The molecule has 1 aromatic heterocycles. The molecule has 3 aromatic rings. The Morgan fingerprint density at radius 3 is 2.64 bits per heavy atom. The highest BCUT2D eigenvalue weighted by Gasteiger charge is 2.34. The first-order valence-corrected chi connectivity index (χ1v) is 14.3. The molecule has 0 saturated carbocycles. The van der Waals surface area contributed by atoms with Crippen molar-refractivity contribution in [1.29, 1.82) is 0 Å². The molecule has 1 fully saturated rings. The number of aromatic nitrogens is 2. The van der Waals surface area contributed by atoms with E-state index in [1.807, 2.05) is 6.07 Å².